The van der Waals surface area contributed by atoms with Gasteiger partial charge in [0.15, 0.2) is 6.23 Å². The van der Waals surface area contributed by atoms with Gasteiger partial charge in [-0.25, -0.2) is 18.7 Å². The number of phosphoric acid groups is 1. The van der Waals surface area contributed by atoms with E-state index in [-0.39, 0.29) is 10.7 Å². The first-order valence-corrected chi connectivity index (χ1v) is 17.1. The number of anilines is 1. The van der Waals surface area contributed by atoms with Crippen molar-refractivity contribution in [2.75, 3.05) is 18.9 Å². The van der Waals surface area contributed by atoms with Crippen molar-refractivity contribution in [3.05, 3.63) is 52.6 Å². The van der Waals surface area contributed by atoms with E-state index in [1.165, 1.54) is 37.3 Å². The van der Waals surface area contributed by atoms with Gasteiger partial charge < -0.3 is 50.7 Å². The fourth-order valence-corrected chi connectivity index (χ4v) is 6.90. The van der Waals surface area contributed by atoms with Gasteiger partial charge in [0, 0.05) is 18.5 Å². The van der Waals surface area contributed by atoms with Gasteiger partial charge in [0.25, 0.3) is 15.9 Å². The van der Waals surface area contributed by atoms with Crippen LogP contribution in [0.5, 0.6) is 0 Å². The van der Waals surface area contributed by atoms with Crippen molar-refractivity contribution in [3.63, 3.8) is 0 Å². The maximum Gasteiger partial charge on any atom is 0.475 e. The Morgan fingerprint density at radius 1 is 1.19 bits per heavy atom. The van der Waals surface area contributed by atoms with E-state index in [1.807, 2.05) is 0 Å². The third kappa shape index (κ3) is 8.28. The van der Waals surface area contributed by atoms with E-state index in [9.17, 15) is 58.1 Å². The summed E-state index contributed by atoms with van der Waals surface area (Å²) in [6.45, 7) is 0.975. The molecule has 2 aliphatic rings. The summed E-state index contributed by atoms with van der Waals surface area (Å²) in [4.78, 5) is 38.2. The number of carboxylic acid groups (broad SMARTS) is 1. The Hall–Kier alpha value is -2.89. The van der Waals surface area contributed by atoms with Gasteiger partial charge in [0.05, 0.1) is 30.3 Å². The lowest BCUT2D eigenvalue weighted by Gasteiger charge is -2.45. The predicted octanol–water partition coefficient (Wildman–Crippen LogP) is -2.42. The molecule has 48 heavy (non-hydrogen) atoms. The van der Waals surface area contributed by atoms with Crippen molar-refractivity contribution in [2.45, 2.75) is 79.9 Å². The normalized spacial score (nSPS) is 32.0. The highest BCUT2D eigenvalue weighted by atomic mass is 32.2. The molecular formula is C26H36N3O17PS. The monoisotopic (exact) mass is 725 g/mol. The second-order valence-electron chi connectivity index (χ2n) is 11.3. The van der Waals surface area contributed by atoms with Crippen LogP contribution >= 0.6 is 7.82 Å². The first-order chi connectivity index (χ1) is 22.3. The number of nitrogen functional groups attached to an aromatic ring is 1. The molecule has 2 fully saturated rings. The fraction of sp³-hybridized carbons (Fsp3) is 0.577. The smallest absolute Gasteiger partial charge is 0.475 e. The topological polar surface area (TPSA) is 317 Å². The second-order valence-corrected chi connectivity index (χ2v) is 14.3. The van der Waals surface area contributed by atoms with Crippen molar-refractivity contribution >= 4 is 29.7 Å². The first kappa shape index (κ1) is 37.9. The van der Waals surface area contributed by atoms with Crippen LogP contribution < -0.4 is 11.4 Å². The minimum atomic E-state index is -5.52. The summed E-state index contributed by atoms with van der Waals surface area (Å²) in [5.74, 6) is -6.51. The van der Waals surface area contributed by atoms with Crippen LogP contribution in [-0.2, 0) is 42.2 Å². The zero-order valence-corrected chi connectivity index (χ0v) is 27.0. The molecule has 3 heterocycles. The van der Waals surface area contributed by atoms with E-state index in [0.717, 1.165) is 16.3 Å². The van der Waals surface area contributed by atoms with Crippen LogP contribution in [0.2, 0.25) is 0 Å². The van der Waals surface area contributed by atoms with Crippen LogP contribution in [0.4, 0.5) is 5.82 Å². The van der Waals surface area contributed by atoms with Gasteiger partial charge in [-0.1, -0.05) is 24.6 Å². The molecule has 1 aromatic heterocycles. The molecule has 2 aliphatic heterocycles. The van der Waals surface area contributed by atoms with Crippen molar-refractivity contribution in [1.82, 2.24) is 9.55 Å². The Balaban J connectivity index is 1.44. The zero-order chi connectivity index (χ0) is 35.8. The molecule has 0 spiro atoms. The molecule has 0 bridgehead atoms. The van der Waals surface area contributed by atoms with Crippen LogP contribution in [0.25, 0.3) is 0 Å². The largest absolute Gasteiger partial charge is 0.477 e. The highest BCUT2D eigenvalue weighted by Gasteiger charge is 2.57. The summed E-state index contributed by atoms with van der Waals surface area (Å²) in [5.41, 5.74) is 5.25. The minimum Gasteiger partial charge on any atom is -0.477 e. The number of phosphoric ester groups is 1. The van der Waals surface area contributed by atoms with E-state index in [2.05, 4.69) is 4.98 Å². The number of nitrogens with zero attached hydrogens (tertiary/aromatic N) is 2. The minimum absolute atomic E-state index is 0.136. The molecule has 0 saturated carbocycles. The van der Waals surface area contributed by atoms with Gasteiger partial charge in [-0.3, -0.25) is 13.3 Å². The number of benzene rings is 1. The molecule has 1 aromatic carbocycles. The maximum atomic E-state index is 13.0. The average molecular weight is 726 g/mol. The summed E-state index contributed by atoms with van der Waals surface area (Å²) >= 11 is 0. The van der Waals surface area contributed by atoms with Crippen LogP contribution in [0.3, 0.4) is 0 Å². The summed E-state index contributed by atoms with van der Waals surface area (Å²) < 4.78 is 64.1. The fourth-order valence-electron chi connectivity index (χ4n) is 5.02. The number of ether oxygens (including phenoxy) is 2. The van der Waals surface area contributed by atoms with E-state index in [0.29, 0.717) is 0 Å². The van der Waals surface area contributed by atoms with E-state index >= 15 is 0 Å². The molecule has 4 unspecified atom stereocenters. The SMILES string of the molecule is Cc1ccc(S(=O)(=O)OC[C@@H](O)[C@@H](O)C2O[C@](OP(=O)(O)OCC3OC(n4ccc(N)nc4=O)[C@H](O)[C@@H]3O)(C(=O)O)C[C@@H](O)[C@H]2C)cc1. The molecule has 2 saturated heterocycles. The van der Waals surface area contributed by atoms with Gasteiger partial charge >= 0.3 is 19.5 Å². The number of carboxylic acids is 1. The molecule has 4 rings (SSSR count). The molecular weight excluding hydrogens is 689 g/mol. The van der Waals surface area contributed by atoms with Crippen LogP contribution in [0.15, 0.2) is 46.2 Å². The lowest BCUT2D eigenvalue weighted by Crippen LogP contribution is -2.61. The van der Waals surface area contributed by atoms with Crippen molar-refractivity contribution in [2.24, 2.45) is 5.92 Å². The Bertz CT molecular complexity index is 1680. The molecule has 0 radical (unpaired) electrons. The molecule has 2 aromatic rings. The number of aliphatic carboxylic acids is 1. The van der Waals surface area contributed by atoms with Crippen LogP contribution in [0, 0.1) is 12.8 Å². The molecule has 9 N–H and O–H groups in total. The predicted molar refractivity (Wildman–Crippen MR) is 157 cm³/mol. The number of carbonyl (C=O) groups is 1. The van der Waals surface area contributed by atoms with Crippen LogP contribution in [0.1, 0.15) is 25.1 Å². The zero-order valence-electron chi connectivity index (χ0n) is 25.3. The third-order valence-electron chi connectivity index (χ3n) is 7.82. The number of aliphatic hydroxyl groups excluding tert-OH is 5. The first-order valence-electron chi connectivity index (χ1n) is 14.2. The summed E-state index contributed by atoms with van der Waals surface area (Å²) in [6.07, 6.45) is -14.2. The van der Waals surface area contributed by atoms with E-state index in [1.54, 1.807) is 6.92 Å². The summed E-state index contributed by atoms with van der Waals surface area (Å²) in [5, 5.41) is 62.8. The molecule has 22 heteroatoms. The summed E-state index contributed by atoms with van der Waals surface area (Å²) in [6, 6.07) is 6.71. The summed E-state index contributed by atoms with van der Waals surface area (Å²) in [7, 11) is -9.92. The Morgan fingerprint density at radius 2 is 1.83 bits per heavy atom. The molecule has 20 nitrogen and oxygen atoms in total. The molecule has 0 aliphatic carbocycles. The molecule has 268 valence electrons. The number of aromatic nitrogens is 2. The van der Waals surface area contributed by atoms with Crippen molar-refractivity contribution in [3.8, 4) is 0 Å². The number of hydrogen-bond donors (Lipinski definition) is 8. The number of aryl methyl sites for hydroxylation is 1. The highest BCUT2D eigenvalue weighted by molar-refractivity contribution is 7.86. The number of nitrogens with two attached hydrogens (primary N) is 1. The number of hydrogen-bond acceptors (Lipinski definition) is 17. The number of aliphatic hydroxyl groups is 5. The molecule has 0 amide bonds. The standard InChI is InChI=1S/C26H36N3O17PS/c1-12-3-5-14(6-4-12)48(40,41)43-10-16(31)19(32)22-13(2)15(30)9-26(45-22,24(35)36)46-47(38,39)42-11-17-20(33)21(34)23(44-17)29-8-7-18(27)28-25(29)37/h3-8,13,15-17,19-23,30-34H,9-11H2,1-2H3,(H,35,36)(H,38,39)(H2,27,28,37)/t13-,15-,16-,17?,19-,20-,21-,22?,23?,26-/m1/s1. The lowest BCUT2D eigenvalue weighted by molar-refractivity contribution is -0.295. The Kier molecular flexibility index (Phi) is 11.5. The quantitative estimate of drug-likeness (QED) is 0.0787. The van der Waals surface area contributed by atoms with Gasteiger partial charge in [0.2, 0.25) is 0 Å². The van der Waals surface area contributed by atoms with Crippen molar-refractivity contribution < 1.29 is 76.0 Å². The second kappa shape index (κ2) is 14.5. The molecule has 11 atom stereocenters. The highest BCUT2D eigenvalue weighted by Crippen LogP contribution is 2.52. The Morgan fingerprint density at radius 3 is 2.44 bits per heavy atom. The maximum absolute atomic E-state index is 13.0. The van der Waals surface area contributed by atoms with Crippen LogP contribution in [-0.4, -0.2) is 121 Å². The van der Waals surface area contributed by atoms with Gasteiger partial charge in [-0.05, 0) is 25.1 Å². The average Bonchev–Trinajstić information content (AvgIpc) is 3.29. The van der Waals surface area contributed by atoms with E-state index < -0.39 is 110 Å². The van der Waals surface area contributed by atoms with Gasteiger partial charge in [-0.15, -0.1) is 0 Å². The third-order valence-corrected chi connectivity index (χ3v) is 10.1. The van der Waals surface area contributed by atoms with E-state index in [4.69, 9.17) is 28.4 Å². The van der Waals surface area contributed by atoms with Crippen molar-refractivity contribution in [1.29, 1.82) is 0 Å². The van der Waals surface area contributed by atoms with Gasteiger partial charge in [-0.2, -0.15) is 13.4 Å². The number of rotatable bonds is 13. The van der Waals surface area contributed by atoms with Gasteiger partial charge in [0.1, 0.15) is 36.3 Å². The Labute approximate surface area is 272 Å². The lowest BCUT2D eigenvalue weighted by atomic mass is 9.85.